The first-order valence-electron chi connectivity index (χ1n) is 4.44. The number of fused-ring (bicyclic) bond motifs is 1. The molecule has 0 fully saturated rings. The van der Waals surface area contributed by atoms with Crippen LogP contribution in [0.2, 0.25) is 0 Å². The molecule has 4 heteroatoms. The largest absolute Gasteiger partial charge is 0.398 e. The van der Waals surface area contributed by atoms with Crippen LogP contribution in [0.3, 0.4) is 0 Å². The number of halogens is 1. The van der Waals surface area contributed by atoms with Gasteiger partial charge in [0.15, 0.2) is 0 Å². The fraction of sp³-hybridized carbons (Fsp3) is 0.300. The topological polar surface area (TPSA) is 46.3 Å². The van der Waals surface area contributed by atoms with Crippen LogP contribution in [0, 0.1) is 0 Å². The molecule has 0 aliphatic carbocycles. The molecule has 1 aliphatic rings. The first-order valence-corrected chi connectivity index (χ1v) is 5.23. The average Bonchev–Trinajstić information content (AvgIpc) is 2.15. The number of aryl methyl sites for hydroxylation is 1. The van der Waals surface area contributed by atoms with E-state index in [0.717, 1.165) is 16.6 Å². The Hall–Kier alpha value is -1.03. The van der Waals surface area contributed by atoms with Crippen LogP contribution in [0.5, 0.6) is 0 Å². The van der Waals surface area contributed by atoms with Gasteiger partial charge in [-0.15, -0.1) is 0 Å². The summed E-state index contributed by atoms with van der Waals surface area (Å²) < 4.78 is 0.902. The lowest BCUT2D eigenvalue weighted by Crippen LogP contribution is -2.31. The molecule has 2 N–H and O–H groups in total. The quantitative estimate of drug-likeness (QED) is 0.720. The van der Waals surface area contributed by atoms with Crippen molar-refractivity contribution in [3.05, 3.63) is 22.2 Å². The van der Waals surface area contributed by atoms with Gasteiger partial charge in [-0.05, 0) is 40.0 Å². The number of amides is 1. The Morgan fingerprint density at radius 3 is 2.86 bits per heavy atom. The van der Waals surface area contributed by atoms with Gasteiger partial charge in [-0.1, -0.05) is 0 Å². The minimum absolute atomic E-state index is 0.152. The Morgan fingerprint density at radius 1 is 1.43 bits per heavy atom. The summed E-state index contributed by atoms with van der Waals surface area (Å²) in [6.45, 7) is 0. The molecule has 1 aromatic rings. The van der Waals surface area contributed by atoms with Crippen LogP contribution in [-0.4, -0.2) is 13.0 Å². The van der Waals surface area contributed by atoms with E-state index >= 15 is 0 Å². The zero-order valence-corrected chi connectivity index (χ0v) is 9.47. The van der Waals surface area contributed by atoms with Gasteiger partial charge in [-0.2, -0.15) is 0 Å². The fourth-order valence-corrected chi connectivity index (χ4v) is 2.07. The molecule has 0 saturated heterocycles. The van der Waals surface area contributed by atoms with Crippen molar-refractivity contribution >= 4 is 33.2 Å². The van der Waals surface area contributed by atoms with Crippen molar-refractivity contribution in [2.75, 3.05) is 17.7 Å². The third-order valence-electron chi connectivity index (χ3n) is 2.54. The van der Waals surface area contributed by atoms with Gasteiger partial charge in [0.25, 0.3) is 0 Å². The smallest absolute Gasteiger partial charge is 0.227 e. The highest BCUT2D eigenvalue weighted by molar-refractivity contribution is 9.10. The lowest BCUT2D eigenvalue weighted by molar-refractivity contribution is -0.118. The Morgan fingerprint density at radius 2 is 2.14 bits per heavy atom. The monoisotopic (exact) mass is 254 g/mol. The number of anilines is 2. The average molecular weight is 255 g/mol. The number of benzene rings is 1. The first-order chi connectivity index (χ1) is 6.59. The molecule has 74 valence electrons. The fourth-order valence-electron chi connectivity index (χ4n) is 1.68. The highest BCUT2D eigenvalue weighted by atomic mass is 79.9. The van der Waals surface area contributed by atoms with Gasteiger partial charge in [0.2, 0.25) is 5.91 Å². The van der Waals surface area contributed by atoms with E-state index < -0.39 is 0 Å². The third-order valence-corrected chi connectivity index (χ3v) is 3.23. The molecule has 0 radical (unpaired) electrons. The van der Waals surface area contributed by atoms with E-state index in [1.165, 1.54) is 5.56 Å². The molecule has 3 nitrogen and oxygen atoms in total. The second-order valence-corrected chi connectivity index (χ2v) is 4.31. The second-order valence-electron chi connectivity index (χ2n) is 3.46. The van der Waals surface area contributed by atoms with Gasteiger partial charge >= 0.3 is 0 Å². The van der Waals surface area contributed by atoms with E-state index in [0.29, 0.717) is 12.1 Å². The number of nitrogens with zero attached hydrogens (tertiary/aromatic N) is 1. The number of nitrogens with two attached hydrogens (primary N) is 1. The van der Waals surface area contributed by atoms with Gasteiger partial charge in [0, 0.05) is 29.3 Å². The van der Waals surface area contributed by atoms with Crippen molar-refractivity contribution in [2.45, 2.75) is 12.8 Å². The van der Waals surface area contributed by atoms with E-state index in [4.69, 9.17) is 5.73 Å². The summed E-state index contributed by atoms with van der Waals surface area (Å²) in [5.74, 6) is 0.152. The Kier molecular flexibility index (Phi) is 2.23. The van der Waals surface area contributed by atoms with Crippen LogP contribution < -0.4 is 10.6 Å². The highest BCUT2D eigenvalue weighted by Crippen LogP contribution is 2.33. The zero-order valence-electron chi connectivity index (χ0n) is 7.88. The van der Waals surface area contributed by atoms with E-state index in [-0.39, 0.29) is 5.91 Å². The zero-order chi connectivity index (χ0) is 10.3. The predicted molar refractivity (Wildman–Crippen MR) is 60.3 cm³/mol. The lowest BCUT2D eigenvalue weighted by Gasteiger charge is -2.26. The van der Waals surface area contributed by atoms with Crippen LogP contribution in [0.25, 0.3) is 0 Å². The molecule has 1 aromatic carbocycles. The normalized spacial score (nSPS) is 15.6. The summed E-state index contributed by atoms with van der Waals surface area (Å²) in [5.41, 5.74) is 8.54. The summed E-state index contributed by atoms with van der Waals surface area (Å²) >= 11 is 3.38. The number of hydrogen-bond donors (Lipinski definition) is 1. The van der Waals surface area contributed by atoms with Crippen LogP contribution in [0.1, 0.15) is 12.0 Å². The van der Waals surface area contributed by atoms with Crippen LogP contribution >= 0.6 is 15.9 Å². The van der Waals surface area contributed by atoms with Crippen molar-refractivity contribution < 1.29 is 4.79 Å². The molecule has 0 unspecified atom stereocenters. The number of nitrogen functional groups attached to an aromatic ring is 1. The van der Waals surface area contributed by atoms with Gasteiger partial charge in [-0.3, -0.25) is 4.79 Å². The molecule has 14 heavy (non-hydrogen) atoms. The van der Waals surface area contributed by atoms with Gasteiger partial charge in [0.05, 0.1) is 0 Å². The SMILES string of the molecule is CN1C(=O)CCc2cc(Br)c(N)cc21. The van der Waals surface area contributed by atoms with E-state index in [1.54, 1.807) is 11.9 Å². The second kappa shape index (κ2) is 3.28. The summed E-state index contributed by atoms with van der Waals surface area (Å²) in [4.78, 5) is 13.1. The van der Waals surface area contributed by atoms with Gasteiger partial charge < -0.3 is 10.6 Å². The molecular formula is C10H11BrN2O. The Labute approximate surface area is 91.0 Å². The minimum Gasteiger partial charge on any atom is -0.398 e. The van der Waals surface area contributed by atoms with Crippen molar-refractivity contribution in [1.29, 1.82) is 0 Å². The number of carbonyl (C=O) groups excluding carboxylic acids is 1. The Bertz CT molecular complexity index is 403. The van der Waals surface area contributed by atoms with Crippen molar-refractivity contribution in [2.24, 2.45) is 0 Å². The van der Waals surface area contributed by atoms with E-state index in [9.17, 15) is 4.79 Å². The molecule has 2 rings (SSSR count). The summed E-state index contributed by atoms with van der Waals surface area (Å²) in [6.07, 6.45) is 1.39. The third kappa shape index (κ3) is 1.39. The maximum Gasteiger partial charge on any atom is 0.227 e. The highest BCUT2D eigenvalue weighted by Gasteiger charge is 2.21. The molecule has 1 aliphatic heterocycles. The van der Waals surface area contributed by atoms with Gasteiger partial charge in [0.1, 0.15) is 0 Å². The Balaban J connectivity index is 2.55. The van der Waals surface area contributed by atoms with Crippen LogP contribution in [-0.2, 0) is 11.2 Å². The first kappa shape index (κ1) is 9.52. The van der Waals surface area contributed by atoms with Crippen molar-refractivity contribution in [3.8, 4) is 0 Å². The molecule has 0 aromatic heterocycles. The van der Waals surface area contributed by atoms with Crippen LogP contribution in [0.15, 0.2) is 16.6 Å². The van der Waals surface area contributed by atoms with Crippen molar-refractivity contribution in [1.82, 2.24) is 0 Å². The number of carbonyl (C=O) groups is 1. The van der Waals surface area contributed by atoms with E-state index in [1.807, 2.05) is 12.1 Å². The van der Waals surface area contributed by atoms with Gasteiger partial charge in [-0.25, -0.2) is 0 Å². The summed E-state index contributed by atoms with van der Waals surface area (Å²) in [7, 11) is 1.79. The van der Waals surface area contributed by atoms with Crippen molar-refractivity contribution in [3.63, 3.8) is 0 Å². The lowest BCUT2D eigenvalue weighted by atomic mass is 10.0. The molecular weight excluding hydrogens is 244 g/mol. The maximum absolute atomic E-state index is 11.4. The van der Waals surface area contributed by atoms with E-state index in [2.05, 4.69) is 15.9 Å². The minimum atomic E-state index is 0.152. The van der Waals surface area contributed by atoms with Crippen LogP contribution in [0.4, 0.5) is 11.4 Å². The number of rotatable bonds is 0. The predicted octanol–water partition coefficient (Wildman–Crippen LogP) is 1.94. The maximum atomic E-state index is 11.4. The summed E-state index contributed by atoms with van der Waals surface area (Å²) in [5, 5.41) is 0. The summed E-state index contributed by atoms with van der Waals surface area (Å²) in [6, 6.07) is 3.84. The molecule has 0 spiro atoms. The molecule has 1 amide bonds. The number of hydrogen-bond acceptors (Lipinski definition) is 2. The standard InChI is InChI=1S/C10H11BrN2O/c1-13-9-5-8(12)7(11)4-6(9)2-3-10(13)14/h4-5H,2-3,12H2,1H3. The molecule has 0 bridgehead atoms. The molecule has 0 atom stereocenters. The molecule has 1 heterocycles. The molecule has 0 saturated carbocycles.